The maximum absolute atomic E-state index is 13.0. The second-order valence-corrected chi connectivity index (χ2v) is 6.71. The van der Waals surface area contributed by atoms with E-state index in [0.717, 1.165) is 18.6 Å². The number of rotatable bonds is 8. The second kappa shape index (κ2) is 10.3. The molecule has 0 unspecified atom stereocenters. The van der Waals surface area contributed by atoms with Crippen molar-refractivity contribution in [2.45, 2.75) is 26.4 Å². The Morgan fingerprint density at radius 3 is 2.59 bits per heavy atom. The summed E-state index contributed by atoms with van der Waals surface area (Å²) in [7, 11) is 0. The molecule has 156 valence electrons. The molecule has 0 fully saturated rings. The highest BCUT2D eigenvalue weighted by atomic mass is 79.9. The van der Waals surface area contributed by atoms with Crippen molar-refractivity contribution in [1.82, 2.24) is 5.43 Å². The maximum Gasteiger partial charge on any atom is 0.417 e. The lowest BCUT2D eigenvalue weighted by molar-refractivity contribution is -0.137. The summed E-state index contributed by atoms with van der Waals surface area (Å²) in [6.07, 6.45) is -2.50. The van der Waals surface area contributed by atoms with Crippen molar-refractivity contribution in [3.05, 3.63) is 57.6 Å². The molecule has 0 saturated carbocycles. The number of benzene rings is 2. The van der Waals surface area contributed by atoms with Gasteiger partial charge in [0.1, 0.15) is 0 Å². The molecule has 0 radical (unpaired) electrons. The third-order valence-corrected chi connectivity index (χ3v) is 4.23. The number of carbonyl (C=O) groups excluding carboxylic acids is 1. The highest BCUT2D eigenvalue weighted by Gasteiger charge is 2.34. The van der Waals surface area contributed by atoms with Crippen LogP contribution in [0, 0.1) is 0 Å². The molecule has 2 aromatic carbocycles. The molecule has 1 N–H and O–H groups in total. The van der Waals surface area contributed by atoms with Crippen molar-refractivity contribution in [3.8, 4) is 11.5 Å². The lowest BCUT2D eigenvalue weighted by Gasteiger charge is -2.14. The molecule has 0 saturated heterocycles. The fourth-order valence-corrected chi connectivity index (χ4v) is 3.00. The van der Waals surface area contributed by atoms with Crippen LogP contribution in [0.15, 0.2) is 46.0 Å². The van der Waals surface area contributed by atoms with E-state index >= 15 is 0 Å². The Labute approximate surface area is 175 Å². The molecule has 0 heterocycles. The van der Waals surface area contributed by atoms with Gasteiger partial charge >= 0.3 is 6.18 Å². The van der Waals surface area contributed by atoms with Crippen LogP contribution in [0.25, 0.3) is 0 Å². The van der Waals surface area contributed by atoms with Gasteiger partial charge in [0.2, 0.25) is 0 Å². The standard InChI is InChI=1S/C20H20BrF3N2O3/c1-3-9-29-18-16(21)10-13(11-17(18)28-4-2)12-25-26-19(27)14-7-5-6-8-15(14)20(22,23)24/h5-8,10-12H,3-4,9H2,1-2H3,(H,26,27)/b25-12+. The molecule has 2 aromatic rings. The van der Waals surface area contributed by atoms with Crippen LogP contribution in [-0.4, -0.2) is 25.3 Å². The first kappa shape index (κ1) is 22.7. The van der Waals surface area contributed by atoms with Crippen LogP contribution in [0.1, 0.15) is 41.8 Å². The zero-order valence-corrected chi connectivity index (χ0v) is 17.4. The van der Waals surface area contributed by atoms with E-state index < -0.39 is 23.2 Å². The zero-order chi connectivity index (χ0) is 21.4. The lowest BCUT2D eigenvalue weighted by atomic mass is 10.1. The normalized spacial score (nSPS) is 11.5. The summed E-state index contributed by atoms with van der Waals surface area (Å²) < 4.78 is 51.0. The molecule has 0 atom stereocenters. The van der Waals surface area contributed by atoms with Crippen LogP contribution in [0.2, 0.25) is 0 Å². The van der Waals surface area contributed by atoms with Crippen molar-refractivity contribution in [3.63, 3.8) is 0 Å². The van der Waals surface area contributed by atoms with Gasteiger partial charge in [-0.25, -0.2) is 5.43 Å². The van der Waals surface area contributed by atoms with Crippen LogP contribution < -0.4 is 14.9 Å². The van der Waals surface area contributed by atoms with Gasteiger partial charge in [-0.2, -0.15) is 18.3 Å². The molecule has 1 amide bonds. The predicted octanol–water partition coefficient (Wildman–Crippen LogP) is 5.42. The smallest absolute Gasteiger partial charge is 0.417 e. The van der Waals surface area contributed by atoms with Gasteiger partial charge in [-0.3, -0.25) is 4.79 Å². The SMILES string of the molecule is CCCOc1c(Br)cc(/C=N/NC(=O)c2ccccc2C(F)(F)F)cc1OCC. The summed E-state index contributed by atoms with van der Waals surface area (Å²) in [4.78, 5) is 12.1. The third-order valence-electron chi connectivity index (χ3n) is 3.64. The second-order valence-electron chi connectivity index (χ2n) is 5.85. The van der Waals surface area contributed by atoms with Gasteiger partial charge in [0, 0.05) is 0 Å². The Bertz CT molecular complexity index is 886. The number of hydrogen-bond acceptors (Lipinski definition) is 4. The van der Waals surface area contributed by atoms with E-state index in [1.54, 1.807) is 12.1 Å². The Balaban J connectivity index is 2.19. The molecular formula is C20H20BrF3N2O3. The van der Waals surface area contributed by atoms with E-state index in [2.05, 4.69) is 26.5 Å². The Morgan fingerprint density at radius 1 is 1.21 bits per heavy atom. The van der Waals surface area contributed by atoms with Gasteiger partial charge in [0.25, 0.3) is 5.91 Å². The average Bonchev–Trinajstić information content (AvgIpc) is 2.67. The number of nitrogens with one attached hydrogen (secondary N) is 1. The summed E-state index contributed by atoms with van der Waals surface area (Å²) in [5, 5.41) is 3.77. The predicted molar refractivity (Wildman–Crippen MR) is 108 cm³/mol. The Morgan fingerprint density at radius 2 is 1.93 bits per heavy atom. The van der Waals surface area contributed by atoms with E-state index in [-0.39, 0.29) is 0 Å². The lowest BCUT2D eigenvalue weighted by Crippen LogP contribution is -2.22. The van der Waals surface area contributed by atoms with E-state index in [0.29, 0.717) is 34.7 Å². The fraction of sp³-hybridized carbons (Fsp3) is 0.300. The van der Waals surface area contributed by atoms with E-state index in [4.69, 9.17) is 9.47 Å². The van der Waals surface area contributed by atoms with Gasteiger partial charge in [-0.1, -0.05) is 19.1 Å². The number of nitrogens with zero attached hydrogens (tertiary/aromatic N) is 1. The van der Waals surface area contributed by atoms with Crippen molar-refractivity contribution in [1.29, 1.82) is 0 Å². The van der Waals surface area contributed by atoms with E-state index in [1.165, 1.54) is 18.3 Å². The molecule has 0 spiro atoms. The van der Waals surface area contributed by atoms with Gasteiger partial charge in [-0.05, 0) is 59.1 Å². The van der Waals surface area contributed by atoms with Gasteiger partial charge in [0.05, 0.1) is 35.0 Å². The third kappa shape index (κ3) is 6.22. The van der Waals surface area contributed by atoms with Gasteiger partial charge in [0.15, 0.2) is 11.5 Å². The Hall–Kier alpha value is -2.55. The molecule has 5 nitrogen and oxygen atoms in total. The first-order valence-corrected chi connectivity index (χ1v) is 9.66. The molecule has 2 rings (SSSR count). The average molecular weight is 473 g/mol. The monoisotopic (exact) mass is 472 g/mol. The molecule has 0 aliphatic carbocycles. The van der Waals surface area contributed by atoms with Crippen LogP contribution in [0.5, 0.6) is 11.5 Å². The number of halogens is 4. The first-order valence-electron chi connectivity index (χ1n) is 8.86. The summed E-state index contributed by atoms with van der Waals surface area (Å²) in [5.74, 6) is 0.0840. The van der Waals surface area contributed by atoms with Crippen molar-refractivity contribution >= 4 is 28.1 Å². The highest BCUT2D eigenvalue weighted by molar-refractivity contribution is 9.10. The number of amides is 1. The van der Waals surface area contributed by atoms with Crippen molar-refractivity contribution in [2.75, 3.05) is 13.2 Å². The quantitative estimate of drug-likeness (QED) is 0.412. The van der Waals surface area contributed by atoms with Crippen LogP contribution >= 0.6 is 15.9 Å². The molecule has 0 aliphatic rings. The minimum Gasteiger partial charge on any atom is -0.490 e. The largest absolute Gasteiger partial charge is 0.490 e. The number of carbonyl (C=O) groups is 1. The maximum atomic E-state index is 13.0. The van der Waals surface area contributed by atoms with Gasteiger partial charge in [-0.15, -0.1) is 0 Å². The van der Waals surface area contributed by atoms with Crippen LogP contribution in [0.4, 0.5) is 13.2 Å². The molecule has 0 aliphatic heterocycles. The number of alkyl halides is 3. The molecule has 0 bridgehead atoms. The number of ether oxygens (including phenoxy) is 2. The molecular weight excluding hydrogens is 453 g/mol. The molecule has 9 heteroatoms. The van der Waals surface area contributed by atoms with Crippen molar-refractivity contribution in [2.24, 2.45) is 5.10 Å². The summed E-state index contributed by atoms with van der Waals surface area (Å²) in [5.41, 5.74) is 1.16. The Kier molecular flexibility index (Phi) is 8.07. The van der Waals surface area contributed by atoms with E-state index in [1.807, 2.05) is 13.8 Å². The molecule has 29 heavy (non-hydrogen) atoms. The molecule has 0 aromatic heterocycles. The minimum atomic E-state index is -4.64. The first-order chi connectivity index (χ1) is 13.8. The fourth-order valence-electron chi connectivity index (χ4n) is 2.42. The van der Waals surface area contributed by atoms with Crippen LogP contribution in [-0.2, 0) is 6.18 Å². The summed E-state index contributed by atoms with van der Waals surface area (Å²) in [6.45, 7) is 4.74. The van der Waals surface area contributed by atoms with E-state index in [9.17, 15) is 18.0 Å². The summed E-state index contributed by atoms with van der Waals surface area (Å²) >= 11 is 3.41. The summed E-state index contributed by atoms with van der Waals surface area (Å²) in [6, 6.07) is 7.88. The zero-order valence-electron chi connectivity index (χ0n) is 15.8. The van der Waals surface area contributed by atoms with Crippen molar-refractivity contribution < 1.29 is 27.4 Å². The van der Waals surface area contributed by atoms with Crippen LogP contribution in [0.3, 0.4) is 0 Å². The minimum absolute atomic E-state index is 0.417. The highest BCUT2D eigenvalue weighted by Crippen LogP contribution is 2.36. The topological polar surface area (TPSA) is 59.9 Å². The number of hydrogen-bond donors (Lipinski definition) is 1. The van der Waals surface area contributed by atoms with Gasteiger partial charge < -0.3 is 9.47 Å². The number of hydrazone groups is 1.